The molecule has 2 atom stereocenters. The second-order valence-corrected chi connectivity index (χ2v) is 7.77. The number of nitrogens with one attached hydrogen (secondary N) is 1. The van der Waals surface area contributed by atoms with Crippen molar-refractivity contribution in [1.82, 2.24) is 19.7 Å². The predicted octanol–water partition coefficient (Wildman–Crippen LogP) is 3.75. The summed E-state index contributed by atoms with van der Waals surface area (Å²) >= 11 is 0. The van der Waals surface area contributed by atoms with E-state index in [0.717, 1.165) is 49.3 Å². The van der Waals surface area contributed by atoms with Crippen LogP contribution in [0.2, 0.25) is 0 Å². The molecule has 3 heterocycles. The van der Waals surface area contributed by atoms with E-state index in [4.69, 9.17) is 4.74 Å². The molecule has 1 fully saturated rings. The maximum Gasteiger partial charge on any atom is 0.411 e. The first-order chi connectivity index (χ1) is 14.0. The van der Waals surface area contributed by atoms with Crippen molar-refractivity contribution >= 4 is 5.95 Å². The zero-order valence-corrected chi connectivity index (χ0v) is 16.2. The fourth-order valence-corrected chi connectivity index (χ4v) is 4.30. The molecule has 0 amide bonds. The Kier molecular flexibility index (Phi) is 5.94. The number of fused-ring (bicyclic) bond motifs is 1. The molecule has 2 aliphatic rings. The van der Waals surface area contributed by atoms with Crippen LogP contribution in [0.5, 0.6) is 5.75 Å². The van der Waals surface area contributed by atoms with Gasteiger partial charge in [-0.2, -0.15) is 23.3 Å². The number of nitrogens with zero attached hydrogens (tertiary/aromatic N) is 4. The van der Waals surface area contributed by atoms with Gasteiger partial charge in [0.2, 0.25) is 5.95 Å². The summed E-state index contributed by atoms with van der Waals surface area (Å²) in [6.07, 6.45) is -0.423. The van der Waals surface area contributed by atoms with Gasteiger partial charge in [0, 0.05) is 12.6 Å². The third-order valence-corrected chi connectivity index (χ3v) is 5.87. The Hall–Kier alpha value is -2.29. The number of rotatable bonds is 6. The number of piperidine rings is 1. The highest BCUT2D eigenvalue weighted by atomic mass is 19.4. The maximum atomic E-state index is 13.5. The molecule has 2 aromatic rings. The molecule has 158 valence electrons. The number of likely N-dealkylation sites (tertiary alicyclic amines) is 1. The van der Waals surface area contributed by atoms with Gasteiger partial charge >= 0.3 is 6.18 Å². The Morgan fingerprint density at radius 3 is 2.62 bits per heavy atom. The maximum absolute atomic E-state index is 13.5. The fraction of sp³-hybridized carbons (Fsp3) is 0.600. The molecule has 1 aromatic heterocycles. The van der Waals surface area contributed by atoms with Crippen LogP contribution in [0.3, 0.4) is 0 Å². The standard InChI is InChI=1S/C20H26F3N5O/c21-20(22,23)18-13-17(26-19-24-14-25-28(18)19)15-7-10-27(11-8-15)9-4-12-29-16-5-2-1-3-6-16/h1-3,5-6,14-15,17-18H,4,7-13H2,(H,24,25,26)/t17-,18+/m0/s1. The highest BCUT2D eigenvalue weighted by Crippen LogP contribution is 2.41. The SMILES string of the molecule is FC(F)(F)[C@H]1C[C@@H](C2CCN(CCCOc3ccccc3)CC2)Nc2ncnn21. The summed E-state index contributed by atoms with van der Waals surface area (Å²) < 4.78 is 47.1. The van der Waals surface area contributed by atoms with Gasteiger partial charge in [-0.15, -0.1) is 0 Å². The average molecular weight is 409 g/mol. The molecule has 0 aliphatic carbocycles. The minimum atomic E-state index is -4.32. The van der Waals surface area contributed by atoms with Crippen LogP contribution in [-0.2, 0) is 0 Å². The Morgan fingerprint density at radius 1 is 1.14 bits per heavy atom. The highest BCUT2D eigenvalue weighted by Gasteiger charge is 2.47. The molecule has 1 saturated heterocycles. The van der Waals surface area contributed by atoms with E-state index in [2.05, 4.69) is 20.3 Å². The molecule has 29 heavy (non-hydrogen) atoms. The second kappa shape index (κ2) is 8.61. The molecule has 2 aliphatic heterocycles. The van der Waals surface area contributed by atoms with Crippen LogP contribution in [-0.4, -0.2) is 58.1 Å². The Labute approximate surface area is 168 Å². The lowest BCUT2D eigenvalue weighted by Crippen LogP contribution is -2.46. The van der Waals surface area contributed by atoms with E-state index in [1.165, 1.54) is 6.33 Å². The van der Waals surface area contributed by atoms with E-state index in [0.29, 0.717) is 6.61 Å². The molecule has 4 rings (SSSR count). The number of ether oxygens (including phenoxy) is 1. The van der Waals surface area contributed by atoms with E-state index in [9.17, 15) is 13.2 Å². The Bertz CT molecular complexity index is 774. The van der Waals surface area contributed by atoms with Crippen LogP contribution in [0, 0.1) is 5.92 Å². The molecular formula is C20H26F3N5O. The molecule has 0 unspecified atom stereocenters. The minimum Gasteiger partial charge on any atom is -0.494 e. The molecule has 0 bridgehead atoms. The van der Waals surface area contributed by atoms with Crippen LogP contribution < -0.4 is 10.1 Å². The predicted molar refractivity (Wildman–Crippen MR) is 103 cm³/mol. The fourth-order valence-electron chi connectivity index (χ4n) is 4.30. The number of halogens is 3. The Morgan fingerprint density at radius 2 is 1.90 bits per heavy atom. The first kappa shape index (κ1) is 20.0. The third-order valence-electron chi connectivity index (χ3n) is 5.87. The van der Waals surface area contributed by atoms with Gasteiger partial charge in [-0.25, -0.2) is 4.68 Å². The Balaban J connectivity index is 1.23. The smallest absolute Gasteiger partial charge is 0.411 e. The van der Waals surface area contributed by atoms with Gasteiger partial charge in [-0.3, -0.25) is 0 Å². The van der Waals surface area contributed by atoms with Gasteiger partial charge in [0.15, 0.2) is 6.04 Å². The summed E-state index contributed by atoms with van der Waals surface area (Å²) in [6, 6.07) is 7.92. The summed E-state index contributed by atoms with van der Waals surface area (Å²) in [4.78, 5) is 6.34. The molecule has 0 saturated carbocycles. The minimum absolute atomic E-state index is 0.00937. The first-order valence-electron chi connectivity index (χ1n) is 10.1. The van der Waals surface area contributed by atoms with Crippen molar-refractivity contribution < 1.29 is 17.9 Å². The van der Waals surface area contributed by atoms with Crippen molar-refractivity contribution in [1.29, 1.82) is 0 Å². The average Bonchev–Trinajstić information content (AvgIpc) is 3.19. The summed E-state index contributed by atoms with van der Waals surface area (Å²) in [5.41, 5.74) is 0. The van der Waals surface area contributed by atoms with Crippen molar-refractivity contribution in [2.24, 2.45) is 5.92 Å². The molecule has 6 nitrogen and oxygen atoms in total. The summed E-state index contributed by atoms with van der Waals surface area (Å²) in [7, 11) is 0. The largest absolute Gasteiger partial charge is 0.494 e. The molecular weight excluding hydrogens is 383 g/mol. The van der Waals surface area contributed by atoms with Gasteiger partial charge in [0.25, 0.3) is 0 Å². The monoisotopic (exact) mass is 409 g/mol. The number of benzene rings is 1. The van der Waals surface area contributed by atoms with Gasteiger partial charge in [-0.1, -0.05) is 18.2 Å². The van der Waals surface area contributed by atoms with Crippen molar-refractivity contribution in [3.05, 3.63) is 36.7 Å². The molecule has 1 N–H and O–H groups in total. The summed E-state index contributed by atoms with van der Waals surface area (Å²) in [6.45, 7) is 3.41. The second-order valence-electron chi connectivity index (χ2n) is 7.77. The summed E-state index contributed by atoms with van der Waals surface area (Å²) in [5.74, 6) is 1.31. The zero-order chi connectivity index (χ0) is 20.3. The van der Waals surface area contributed by atoms with Gasteiger partial charge in [0.05, 0.1) is 6.61 Å². The molecule has 0 radical (unpaired) electrons. The molecule has 0 spiro atoms. The molecule has 1 aromatic carbocycles. The van der Waals surface area contributed by atoms with Gasteiger partial charge in [0.1, 0.15) is 12.1 Å². The van der Waals surface area contributed by atoms with E-state index in [-0.39, 0.29) is 24.3 Å². The highest BCUT2D eigenvalue weighted by molar-refractivity contribution is 5.30. The van der Waals surface area contributed by atoms with E-state index >= 15 is 0 Å². The van der Waals surface area contributed by atoms with Crippen molar-refractivity contribution in [3.8, 4) is 5.75 Å². The zero-order valence-electron chi connectivity index (χ0n) is 16.2. The van der Waals surface area contributed by atoms with Crippen LogP contribution in [0.4, 0.5) is 19.1 Å². The lowest BCUT2D eigenvalue weighted by molar-refractivity contribution is -0.174. The van der Waals surface area contributed by atoms with E-state index in [1.54, 1.807) is 0 Å². The number of hydrogen-bond donors (Lipinski definition) is 1. The number of anilines is 1. The first-order valence-corrected chi connectivity index (χ1v) is 10.1. The number of alkyl halides is 3. The van der Waals surface area contributed by atoms with Crippen LogP contribution in [0.15, 0.2) is 36.7 Å². The number of hydrogen-bond acceptors (Lipinski definition) is 5. The lowest BCUT2D eigenvalue weighted by Gasteiger charge is -2.40. The van der Waals surface area contributed by atoms with Crippen LogP contribution in [0.25, 0.3) is 0 Å². The van der Waals surface area contributed by atoms with Crippen LogP contribution in [0.1, 0.15) is 31.7 Å². The van der Waals surface area contributed by atoms with Crippen molar-refractivity contribution in [2.75, 3.05) is 31.6 Å². The van der Waals surface area contributed by atoms with Gasteiger partial charge in [-0.05, 0) is 56.8 Å². The van der Waals surface area contributed by atoms with E-state index < -0.39 is 12.2 Å². The number of aromatic nitrogens is 3. The normalized spacial score (nSPS) is 23.4. The topological polar surface area (TPSA) is 55.2 Å². The van der Waals surface area contributed by atoms with Crippen LogP contribution >= 0.6 is 0 Å². The molecule has 9 heteroatoms. The summed E-state index contributed by atoms with van der Waals surface area (Å²) in [5, 5.41) is 6.95. The third kappa shape index (κ3) is 4.83. The lowest BCUT2D eigenvalue weighted by atomic mass is 9.85. The quantitative estimate of drug-likeness (QED) is 0.737. The van der Waals surface area contributed by atoms with Gasteiger partial charge < -0.3 is 15.0 Å². The van der Waals surface area contributed by atoms with E-state index in [1.807, 2.05) is 30.3 Å². The van der Waals surface area contributed by atoms with Crippen molar-refractivity contribution in [3.63, 3.8) is 0 Å². The number of para-hydroxylation sites is 1. The van der Waals surface area contributed by atoms with Crippen molar-refractivity contribution in [2.45, 2.75) is 43.9 Å².